The fourth-order valence-electron chi connectivity index (χ4n) is 10.0. The minimum Gasteiger partial charge on any atom is -0.480 e. The van der Waals surface area contributed by atoms with Crippen LogP contribution in [0, 0.1) is 16.6 Å². The number of nitrogens with one attached hydrogen (secondary N) is 1. The second kappa shape index (κ2) is 26.2. The van der Waals surface area contributed by atoms with Gasteiger partial charge in [-0.3, -0.25) is 24.1 Å². The maximum atomic E-state index is 15.2. The zero-order chi connectivity index (χ0) is 48.4. The molecule has 6 rings (SSSR count). The van der Waals surface area contributed by atoms with Crippen LogP contribution in [0.2, 0.25) is 0 Å². The van der Waals surface area contributed by atoms with Gasteiger partial charge in [0.1, 0.15) is 5.82 Å². The molecule has 3 unspecified atom stereocenters. The molecule has 0 saturated heterocycles. The van der Waals surface area contributed by atoms with Crippen molar-refractivity contribution in [2.45, 2.75) is 206 Å². The number of nitrogens with zero attached hydrogens (tertiary/aromatic N) is 1. The third kappa shape index (κ3) is 15.4. The number of halogens is 1. The van der Waals surface area contributed by atoms with Gasteiger partial charge in [0.05, 0.1) is 6.10 Å². The van der Waals surface area contributed by atoms with Gasteiger partial charge in [0.15, 0.2) is 10.8 Å². The van der Waals surface area contributed by atoms with Crippen molar-refractivity contribution in [2.75, 3.05) is 0 Å². The fraction of sp³-hybridized carbons (Fsp3) is 0.607. The van der Waals surface area contributed by atoms with Gasteiger partial charge in [0.25, 0.3) is 0 Å². The lowest BCUT2D eigenvalue weighted by Gasteiger charge is -2.30. The van der Waals surface area contributed by atoms with Crippen LogP contribution in [0.25, 0.3) is 11.1 Å². The minimum atomic E-state index is -1.71. The molecule has 0 aliphatic heterocycles. The maximum absolute atomic E-state index is 15.2. The largest absolute Gasteiger partial charge is 0.480 e. The number of aryl methyl sites for hydroxylation is 2. The second-order valence-corrected chi connectivity index (χ2v) is 20.0. The number of ether oxygens (including phenoxy) is 1. The summed E-state index contributed by atoms with van der Waals surface area (Å²) in [6.45, 7) is 9.14. The molecule has 0 spiro atoms. The highest BCUT2D eigenvalue weighted by atomic mass is 19.1. The van der Waals surface area contributed by atoms with Crippen LogP contribution in [0.5, 0.6) is 0 Å². The molecular formula is C56H79FN2O8. The summed E-state index contributed by atoms with van der Waals surface area (Å²) in [4.78, 5) is 50.0. The Balaban J connectivity index is 0.000000254. The summed E-state index contributed by atoms with van der Waals surface area (Å²) < 4.78 is 20.4. The highest BCUT2D eigenvalue weighted by Crippen LogP contribution is 2.45. The van der Waals surface area contributed by atoms with Crippen molar-refractivity contribution >= 4 is 23.9 Å². The van der Waals surface area contributed by atoms with Crippen LogP contribution in [-0.2, 0) is 49.8 Å². The Morgan fingerprint density at radius 3 is 1.66 bits per heavy atom. The number of aliphatic carboxylic acids is 3. The average Bonchev–Trinajstić information content (AvgIpc) is 3.87. The van der Waals surface area contributed by atoms with E-state index in [2.05, 4.69) is 60.5 Å². The Hall–Kier alpha value is -4.61. The summed E-state index contributed by atoms with van der Waals surface area (Å²) in [5.41, 5.74) is 2.97. The van der Waals surface area contributed by atoms with Crippen molar-refractivity contribution in [1.29, 1.82) is 0 Å². The van der Waals surface area contributed by atoms with E-state index in [1.165, 1.54) is 93.7 Å². The lowest BCUT2D eigenvalue weighted by atomic mass is 9.86. The van der Waals surface area contributed by atoms with Gasteiger partial charge in [-0.15, -0.1) is 0 Å². The SMILES string of the molecule is CCCCCCCCCc1ccc(CNC2CCC(C(=O)O)(C(=O)OC(C)C)C2)cc1.CCCCCCCc1ccc(-c2ccc(CN(C3CC3)C3CCC(C(=O)O)(C(=O)O)C3)cc2F)cc1. The molecule has 3 aliphatic carbocycles. The van der Waals surface area contributed by atoms with E-state index in [1.807, 2.05) is 24.3 Å². The van der Waals surface area contributed by atoms with Crippen molar-refractivity contribution in [3.63, 3.8) is 0 Å². The Labute approximate surface area is 399 Å². The van der Waals surface area contributed by atoms with Gasteiger partial charge in [0.2, 0.25) is 0 Å². The number of carboxylic acid groups (broad SMARTS) is 3. The molecule has 0 aromatic heterocycles. The summed E-state index contributed by atoms with van der Waals surface area (Å²) in [7, 11) is 0. The van der Waals surface area contributed by atoms with Crippen LogP contribution in [0.1, 0.15) is 178 Å². The molecule has 0 bridgehead atoms. The second-order valence-electron chi connectivity index (χ2n) is 20.0. The van der Waals surface area contributed by atoms with Gasteiger partial charge in [-0.1, -0.05) is 139 Å². The van der Waals surface area contributed by atoms with Gasteiger partial charge in [-0.25, -0.2) is 4.39 Å². The smallest absolute Gasteiger partial charge is 0.323 e. The Morgan fingerprint density at radius 2 is 1.15 bits per heavy atom. The first-order valence-electron chi connectivity index (χ1n) is 25.6. The van der Waals surface area contributed by atoms with Crippen LogP contribution >= 0.6 is 0 Å². The number of carbonyl (C=O) groups is 4. The van der Waals surface area contributed by atoms with Crippen molar-refractivity contribution in [3.05, 3.63) is 94.8 Å². The third-order valence-electron chi connectivity index (χ3n) is 14.4. The standard InChI is InChI=1S/C30H38FNO4.C26H41NO4/c1-2-3-4-5-6-7-21-8-11-23(12-9-21)26-15-10-22(18-27(26)31)20-32(24-13-14-24)25-16-17-30(19-25,28(33)34)29(35)36;1-4-5-6-7-8-9-10-11-21-12-14-22(15-13-21)19-27-23-16-17-26(18-23,24(28)29)25(30)31-20(2)3/h8-12,15,18,24-25H,2-7,13-14,16-17,19-20H2,1H3,(H,33,34)(H,35,36);12-15,20,23,27H,4-11,16-19H2,1-3H3,(H,28,29). The van der Waals surface area contributed by atoms with Crippen molar-refractivity contribution in [3.8, 4) is 11.1 Å². The number of hydrogen-bond acceptors (Lipinski definition) is 7. The van der Waals surface area contributed by atoms with Gasteiger partial charge >= 0.3 is 23.9 Å². The Bertz CT molecular complexity index is 2020. The molecule has 368 valence electrons. The summed E-state index contributed by atoms with van der Waals surface area (Å²) in [6.07, 6.45) is 21.4. The summed E-state index contributed by atoms with van der Waals surface area (Å²) >= 11 is 0. The summed E-state index contributed by atoms with van der Waals surface area (Å²) in [6, 6.07) is 22.4. The van der Waals surface area contributed by atoms with Crippen LogP contribution in [0.15, 0.2) is 66.7 Å². The molecule has 0 radical (unpaired) electrons. The maximum Gasteiger partial charge on any atom is 0.323 e. The molecule has 0 amide bonds. The zero-order valence-corrected chi connectivity index (χ0v) is 40.8. The predicted octanol–water partition coefficient (Wildman–Crippen LogP) is 12.3. The molecule has 4 N–H and O–H groups in total. The van der Waals surface area contributed by atoms with Gasteiger partial charge in [0, 0.05) is 36.8 Å². The van der Waals surface area contributed by atoms with Gasteiger partial charge in [-0.05, 0) is 125 Å². The lowest BCUT2D eigenvalue weighted by Crippen LogP contribution is -2.41. The topological polar surface area (TPSA) is 153 Å². The zero-order valence-electron chi connectivity index (χ0n) is 40.8. The van der Waals surface area contributed by atoms with E-state index in [0.29, 0.717) is 44.0 Å². The number of hydrogen-bond donors (Lipinski definition) is 4. The van der Waals surface area contributed by atoms with Gasteiger partial charge < -0.3 is 25.4 Å². The number of carbonyl (C=O) groups excluding carboxylic acids is 1. The van der Waals surface area contributed by atoms with E-state index < -0.39 is 34.7 Å². The van der Waals surface area contributed by atoms with E-state index in [0.717, 1.165) is 36.8 Å². The molecule has 3 aromatic rings. The Morgan fingerprint density at radius 1 is 0.642 bits per heavy atom. The molecule has 0 heterocycles. The molecule has 3 saturated carbocycles. The highest BCUT2D eigenvalue weighted by Gasteiger charge is 2.55. The van der Waals surface area contributed by atoms with E-state index in [1.54, 1.807) is 19.9 Å². The minimum absolute atomic E-state index is 0.00296. The quantitative estimate of drug-likeness (QED) is 0.0330. The lowest BCUT2D eigenvalue weighted by molar-refractivity contribution is -0.171. The van der Waals surface area contributed by atoms with E-state index in [9.17, 15) is 34.5 Å². The molecule has 3 aliphatic rings. The molecule has 10 nitrogen and oxygen atoms in total. The van der Waals surface area contributed by atoms with Crippen LogP contribution in [0.4, 0.5) is 4.39 Å². The van der Waals surface area contributed by atoms with E-state index >= 15 is 4.39 Å². The Kier molecular flexibility index (Phi) is 20.9. The van der Waals surface area contributed by atoms with Crippen molar-refractivity contribution in [1.82, 2.24) is 10.2 Å². The summed E-state index contributed by atoms with van der Waals surface area (Å²) in [5, 5.41) is 32.3. The third-order valence-corrected chi connectivity index (χ3v) is 14.4. The normalized spacial score (nSPS) is 19.9. The monoisotopic (exact) mass is 927 g/mol. The first-order chi connectivity index (χ1) is 32.2. The average molecular weight is 927 g/mol. The van der Waals surface area contributed by atoms with E-state index in [4.69, 9.17) is 4.74 Å². The van der Waals surface area contributed by atoms with Crippen molar-refractivity contribution < 1.29 is 43.6 Å². The number of carboxylic acids is 3. The molecule has 11 heteroatoms. The van der Waals surface area contributed by atoms with E-state index in [-0.39, 0.29) is 43.3 Å². The highest BCUT2D eigenvalue weighted by molar-refractivity contribution is 6.00. The molecule has 67 heavy (non-hydrogen) atoms. The molecular weight excluding hydrogens is 848 g/mol. The van der Waals surface area contributed by atoms with Crippen molar-refractivity contribution in [2.24, 2.45) is 10.8 Å². The predicted molar refractivity (Wildman–Crippen MR) is 262 cm³/mol. The number of unbranched alkanes of at least 4 members (excludes halogenated alkanes) is 10. The van der Waals surface area contributed by atoms with Crippen LogP contribution < -0.4 is 5.32 Å². The number of rotatable bonds is 27. The molecule has 3 fully saturated rings. The molecule has 3 atom stereocenters. The van der Waals surface area contributed by atoms with Crippen LogP contribution in [-0.4, -0.2) is 68.3 Å². The number of benzene rings is 3. The first kappa shape index (κ1) is 53.3. The fourth-order valence-corrected chi connectivity index (χ4v) is 10.0. The van der Waals surface area contributed by atoms with Gasteiger partial charge in [-0.2, -0.15) is 0 Å². The summed E-state index contributed by atoms with van der Waals surface area (Å²) in [5.74, 6) is -4.46. The number of esters is 1. The molecule has 3 aromatic carbocycles. The first-order valence-corrected chi connectivity index (χ1v) is 25.6. The van der Waals surface area contributed by atoms with Crippen LogP contribution in [0.3, 0.4) is 0 Å².